The van der Waals surface area contributed by atoms with Gasteiger partial charge in [0.1, 0.15) is 6.73 Å². The van der Waals surface area contributed by atoms with E-state index in [4.69, 9.17) is 15.6 Å². The number of aliphatic hydroxyl groups is 1. The van der Waals surface area contributed by atoms with E-state index in [2.05, 4.69) is 4.99 Å². The lowest BCUT2D eigenvalue weighted by molar-refractivity contribution is 0.123. The van der Waals surface area contributed by atoms with Crippen molar-refractivity contribution in [3.05, 3.63) is 40.7 Å². The fourth-order valence-electron chi connectivity index (χ4n) is 1.16. The molecule has 0 atom stereocenters. The second-order valence-electron chi connectivity index (χ2n) is 3.41. The van der Waals surface area contributed by atoms with Gasteiger partial charge in [-0.3, -0.25) is 4.99 Å². The van der Waals surface area contributed by atoms with E-state index in [1.807, 2.05) is 29.7 Å². The van der Waals surface area contributed by atoms with Crippen LogP contribution >= 0.6 is 11.3 Å². The molecule has 98 valence electrons. The van der Waals surface area contributed by atoms with Crippen molar-refractivity contribution < 1.29 is 9.84 Å². The normalized spacial score (nSPS) is 12.8. The Hall–Kier alpha value is -1.43. The van der Waals surface area contributed by atoms with Crippen molar-refractivity contribution in [3.63, 3.8) is 0 Å². The van der Waals surface area contributed by atoms with Crippen LogP contribution in [0.15, 0.2) is 40.9 Å². The lowest BCUT2D eigenvalue weighted by Crippen LogP contribution is -2.00. The molecule has 1 aromatic heterocycles. The molecule has 0 aromatic carbocycles. The maximum absolute atomic E-state index is 8.60. The third kappa shape index (κ3) is 6.34. The molecular formula is C13H18N2O2S. The van der Waals surface area contributed by atoms with Gasteiger partial charge >= 0.3 is 0 Å². The molecule has 4 nitrogen and oxygen atoms in total. The highest BCUT2D eigenvalue weighted by molar-refractivity contribution is 7.10. The molecule has 0 bridgehead atoms. The largest absolute Gasteiger partial charge is 0.405 e. The van der Waals surface area contributed by atoms with Gasteiger partial charge in [0.15, 0.2) is 0 Å². The second kappa shape index (κ2) is 9.58. The SMILES string of the molecule is N\C=C/C(/C=C/c1cccs1)=N/COCCCO. The number of aliphatic hydroxyl groups excluding tert-OH is 1. The van der Waals surface area contributed by atoms with Gasteiger partial charge in [0.25, 0.3) is 0 Å². The number of rotatable bonds is 8. The van der Waals surface area contributed by atoms with Crippen molar-refractivity contribution in [2.75, 3.05) is 19.9 Å². The monoisotopic (exact) mass is 266 g/mol. The molecule has 0 spiro atoms. The van der Waals surface area contributed by atoms with Gasteiger partial charge in [-0.1, -0.05) is 6.07 Å². The highest BCUT2D eigenvalue weighted by Gasteiger charge is 1.91. The molecule has 1 rings (SSSR count). The van der Waals surface area contributed by atoms with E-state index in [1.54, 1.807) is 17.4 Å². The van der Waals surface area contributed by atoms with E-state index in [0.29, 0.717) is 13.0 Å². The lowest BCUT2D eigenvalue weighted by Gasteiger charge is -1.99. The average molecular weight is 266 g/mol. The number of nitrogens with zero attached hydrogens (tertiary/aromatic N) is 1. The molecule has 0 saturated carbocycles. The van der Waals surface area contributed by atoms with Crippen LogP contribution < -0.4 is 5.73 Å². The van der Waals surface area contributed by atoms with Gasteiger partial charge in [0.2, 0.25) is 0 Å². The number of hydrogen-bond acceptors (Lipinski definition) is 5. The van der Waals surface area contributed by atoms with Crippen molar-refractivity contribution >= 4 is 23.1 Å². The van der Waals surface area contributed by atoms with Gasteiger partial charge in [-0.25, -0.2) is 0 Å². The number of aliphatic imine (C=N–C) groups is 1. The zero-order valence-electron chi connectivity index (χ0n) is 10.2. The molecule has 1 heterocycles. The first-order chi connectivity index (χ1) is 8.86. The molecule has 3 N–H and O–H groups in total. The minimum Gasteiger partial charge on any atom is -0.405 e. The van der Waals surface area contributed by atoms with E-state index in [0.717, 1.165) is 10.6 Å². The summed E-state index contributed by atoms with van der Waals surface area (Å²) >= 11 is 1.66. The van der Waals surface area contributed by atoms with Crippen LogP contribution in [0.1, 0.15) is 11.3 Å². The van der Waals surface area contributed by atoms with Crippen LogP contribution in [0.25, 0.3) is 6.08 Å². The Morgan fingerprint density at radius 2 is 2.39 bits per heavy atom. The predicted octanol–water partition coefficient (Wildman–Crippen LogP) is 2.03. The van der Waals surface area contributed by atoms with Crippen LogP contribution in [-0.2, 0) is 4.74 Å². The Bertz CT molecular complexity index is 397. The topological polar surface area (TPSA) is 67.8 Å². The van der Waals surface area contributed by atoms with Crippen molar-refractivity contribution in [1.29, 1.82) is 0 Å². The summed E-state index contributed by atoms with van der Waals surface area (Å²) in [5, 5.41) is 10.6. The highest BCUT2D eigenvalue weighted by Crippen LogP contribution is 2.10. The van der Waals surface area contributed by atoms with Crippen molar-refractivity contribution in [3.8, 4) is 0 Å². The lowest BCUT2D eigenvalue weighted by atomic mass is 10.3. The van der Waals surface area contributed by atoms with Gasteiger partial charge in [-0.2, -0.15) is 0 Å². The summed E-state index contributed by atoms with van der Waals surface area (Å²) in [5.41, 5.74) is 6.12. The van der Waals surface area contributed by atoms with E-state index in [1.165, 1.54) is 6.20 Å². The predicted molar refractivity (Wildman–Crippen MR) is 76.6 cm³/mol. The number of nitrogens with two attached hydrogens (primary N) is 1. The Morgan fingerprint density at radius 3 is 3.06 bits per heavy atom. The average Bonchev–Trinajstić information content (AvgIpc) is 2.88. The molecule has 5 heteroatoms. The van der Waals surface area contributed by atoms with E-state index < -0.39 is 0 Å². The standard InChI is InChI=1S/C13H18N2O2S/c14-7-6-12(15-11-17-9-2-8-16)4-5-13-3-1-10-18-13/h1,3-7,10,16H,2,8-9,11,14H2/b5-4+,7-6-,15-12+. The minimum absolute atomic E-state index is 0.136. The quantitative estimate of drug-likeness (QED) is 0.559. The van der Waals surface area contributed by atoms with Crippen LogP contribution in [0.5, 0.6) is 0 Å². The number of thiophene rings is 1. The summed E-state index contributed by atoms with van der Waals surface area (Å²) in [5.74, 6) is 0. The van der Waals surface area contributed by atoms with Crippen molar-refractivity contribution in [1.82, 2.24) is 0 Å². The van der Waals surface area contributed by atoms with Gasteiger partial charge in [-0.15, -0.1) is 11.3 Å². The van der Waals surface area contributed by atoms with E-state index in [9.17, 15) is 0 Å². The Labute approximate surface area is 111 Å². The molecule has 0 radical (unpaired) electrons. The smallest absolute Gasteiger partial charge is 0.138 e. The molecule has 0 aliphatic carbocycles. The Kier molecular flexibility index (Phi) is 7.79. The minimum atomic E-state index is 0.136. The molecular weight excluding hydrogens is 248 g/mol. The molecule has 0 saturated heterocycles. The first kappa shape index (κ1) is 14.6. The fraction of sp³-hybridized carbons (Fsp3) is 0.308. The zero-order valence-corrected chi connectivity index (χ0v) is 11.0. The Balaban J connectivity index is 2.46. The summed E-state index contributed by atoms with van der Waals surface area (Å²) in [4.78, 5) is 5.41. The third-order valence-electron chi connectivity index (χ3n) is 2.01. The van der Waals surface area contributed by atoms with Crippen LogP contribution in [0.4, 0.5) is 0 Å². The molecule has 0 unspecified atom stereocenters. The second-order valence-corrected chi connectivity index (χ2v) is 4.38. The third-order valence-corrected chi connectivity index (χ3v) is 2.85. The van der Waals surface area contributed by atoms with Crippen molar-refractivity contribution in [2.45, 2.75) is 6.42 Å². The molecule has 0 aliphatic rings. The summed E-state index contributed by atoms with van der Waals surface area (Å²) < 4.78 is 5.23. The van der Waals surface area contributed by atoms with Crippen LogP contribution in [0, 0.1) is 0 Å². The van der Waals surface area contributed by atoms with E-state index >= 15 is 0 Å². The van der Waals surface area contributed by atoms with E-state index in [-0.39, 0.29) is 13.3 Å². The maximum atomic E-state index is 8.60. The summed E-state index contributed by atoms with van der Waals surface area (Å²) in [6, 6.07) is 4.03. The number of hydrogen-bond donors (Lipinski definition) is 2. The zero-order chi connectivity index (χ0) is 13.1. The summed E-state index contributed by atoms with van der Waals surface area (Å²) in [7, 11) is 0. The molecule has 18 heavy (non-hydrogen) atoms. The first-order valence-corrected chi connectivity index (χ1v) is 6.57. The van der Waals surface area contributed by atoms with Crippen molar-refractivity contribution in [2.24, 2.45) is 10.7 Å². The van der Waals surface area contributed by atoms with Crippen LogP contribution in [0.3, 0.4) is 0 Å². The number of ether oxygens (including phenoxy) is 1. The molecule has 0 amide bonds. The summed E-state index contributed by atoms with van der Waals surface area (Å²) in [6.07, 6.45) is 7.68. The Morgan fingerprint density at radius 1 is 1.50 bits per heavy atom. The highest BCUT2D eigenvalue weighted by atomic mass is 32.1. The molecule has 1 aromatic rings. The number of allylic oxidation sites excluding steroid dienone is 2. The van der Waals surface area contributed by atoms with Crippen LogP contribution in [0.2, 0.25) is 0 Å². The van der Waals surface area contributed by atoms with Crippen LogP contribution in [-0.4, -0.2) is 30.8 Å². The van der Waals surface area contributed by atoms with Gasteiger partial charge in [0.05, 0.1) is 12.3 Å². The van der Waals surface area contributed by atoms with Gasteiger partial charge in [-0.05, 0) is 42.3 Å². The molecule has 0 fully saturated rings. The first-order valence-electron chi connectivity index (χ1n) is 5.69. The summed E-state index contributed by atoms with van der Waals surface area (Å²) in [6.45, 7) is 0.917. The molecule has 0 aliphatic heterocycles. The maximum Gasteiger partial charge on any atom is 0.138 e. The van der Waals surface area contributed by atoms with Gasteiger partial charge < -0.3 is 15.6 Å². The van der Waals surface area contributed by atoms with Gasteiger partial charge in [0, 0.05) is 11.5 Å². The fourth-order valence-corrected chi connectivity index (χ4v) is 1.78.